The molecule has 144 valence electrons. The van der Waals surface area contributed by atoms with Crippen LogP contribution in [0.5, 0.6) is 11.5 Å². The van der Waals surface area contributed by atoms with Crippen molar-refractivity contribution in [1.29, 1.82) is 0 Å². The first-order chi connectivity index (χ1) is 11.8. The van der Waals surface area contributed by atoms with Crippen LogP contribution in [0.25, 0.3) is 0 Å². The Morgan fingerprint density at radius 2 is 1.96 bits per heavy atom. The molecule has 0 aliphatic carbocycles. The predicted octanol–water partition coefficient (Wildman–Crippen LogP) is 2.18. The molecule has 1 N–H and O–H groups in total. The van der Waals surface area contributed by atoms with E-state index in [1.807, 2.05) is 22.6 Å². The number of carbonyl (C=O) groups excluding carboxylic acids is 2. The summed E-state index contributed by atoms with van der Waals surface area (Å²) in [6.07, 6.45) is 0. The molecule has 12 heteroatoms. The lowest BCUT2D eigenvalue weighted by atomic mass is 10.3. The van der Waals surface area contributed by atoms with Crippen molar-refractivity contribution in [2.24, 2.45) is 0 Å². The summed E-state index contributed by atoms with van der Waals surface area (Å²) in [4.78, 5) is 22.8. The second-order valence-electron chi connectivity index (χ2n) is 4.82. The van der Waals surface area contributed by atoms with Gasteiger partial charge in [-0.25, -0.2) is 9.59 Å². The molecule has 8 nitrogen and oxygen atoms in total. The minimum Gasteiger partial charge on any atom is -0.481 e. The van der Waals surface area contributed by atoms with Gasteiger partial charge in [-0.2, -0.15) is 17.2 Å². The second kappa shape index (κ2) is 8.73. The van der Waals surface area contributed by atoms with Crippen molar-refractivity contribution in [2.75, 3.05) is 13.2 Å². The summed E-state index contributed by atoms with van der Waals surface area (Å²) in [5, 5.41) is -4.62. The molecule has 1 aromatic carbocycles. The first-order valence-corrected chi connectivity index (χ1v) is 9.16. The number of benzene rings is 1. The molecule has 0 radical (unpaired) electrons. The lowest BCUT2D eigenvalue weighted by Crippen LogP contribution is -2.35. The average Bonchev–Trinajstić information content (AvgIpc) is 2.51. The van der Waals surface area contributed by atoms with Crippen LogP contribution < -0.4 is 9.47 Å². The van der Waals surface area contributed by atoms with E-state index in [9.17, 15) is 26.8 Å². The van der Waals surface area contributed by atoms with Crippen LogP contribution in [0, 0.1) is 3.57 Å². The van der Waals surface area contributed by atoms with Crippen LogP contribution in [0.2, 0.25) is 0 Å². The Balaban J connectivity index is 2.61. The molecular formula is C14H13F2IO8S. The maximum Gasteiger partial charge on any atom is 0.402 e. The van der Waals surface area contributed by atoms with Gasteiger partial charge in [-0.15, -0.1) is 0 Å². The molecule has 0 atom stereocenters. The Morgan fingerprint density at radius 1 is 1.35 bits per heavy atom. The van der Waals surface area contributed by atoms with Crippen molar-refractivity contribution >= 4 is 44.6 Å². The largest absolute Gasteiger partial charge is 0.481 e. The Bertz CT molecular complexity index is 822. The van der Waals surface area contributed by atoms with E-state index in [1.54, 1.807) is 0 Å². The standard InChI is InChI=1S/C14H13F2IO8S/c1-8(2)13(19)25-9-3-4-11(10(17)5-9)23-6-12(18)24-7-14(15,16)26(20,21)22/h3-5H,1,6-7H2,2H3,(H,20,21,22). The Kier molecular flexibility index (Phi) is 7.46. The summed E-state index contributed by atoms with van der Waals surface area (Å²) < 4.78 is 69.4. The minimum atomic E-state index is -5.69. The van der Waals surface area contributed by atoms with Crippen LogP contribution in [-0.4, -0.2) is 43.4 Å². The van der Waals surface area contributed by atoms with Crippen LogP contribution in [0.4, 0.5) is 8.78 Å². The van der Waals surface area contributed by atoms with Gasteiger partial charge in [-0.05, 0) is 47.7 Å². The van der Waals surface area contributed by atoms with Gasteiger partial charge in [-0.1, -0.05) is 6.58 Å². The van der Waals surface area contributed by atoms with Crippen LogP contribution in [0.15, 0.2) is 30.4 Å². The Hall–Kier alpha value is -1.80. The lowest BCUT2D eigenvalue weighted by Gasteiger charge is -2.13. The summed E-state index contributed by atoms with van der Waals surface area (Å²) in [5.41, 5.74) is 0.199. The highest BCUT2D eigenvalue weighted by molar-refractivity contribution is 14.1. The highest BCUT2D eigenvalue weighted by Gasteiger charge is 2.45. The average molecular weight is 506 g/mol. The van der Waals surface area contributed by atoms with Crippen molar-refractivity contribution in [2.45, 2.75) is 12.2 Å². The SMILES string of the molecule is C=C(C)C(=O)Oc1ccc(OCC(=O)OCC(F)(F)S(=O)(=O)O)c(I)c1. The molecule has 0 aliphatic heterocycles. The summed E-state index contributed by atoms with van der Waals surface area (Å²) in [5.74, 6) is -1.54. The van der Waals surface area contributed by atoms with Crippen molar-refractivity contribution in [3.63, 3.8) is 0 Å². The molecule has 0 spiro atoms. The molecule has 1 aromatic rings. The summed E-state index contributed by atoms with van der Waals surface area (Å²) in [6, 6.07) is 4.16. The first kappa shape index (κ1) is 22.2. The fourth-order valence-corrected chi connectivity index (χ4v) is 2.12. The molecule has 0 heterocycles. The molecular weight excluding hydrogens is 493 g/mol. The van der Waals surface area contributed by atoms with Gasteiger partial charge in [0.15, 0.2) is 13.2 Å². The summed E-state index contributed by atoms with van der Waals surface area (Å²) >= 11 is 1.82. The fourth-order valence-electron chi connectivity index (χ4n) is 1.27. The maximum atomic E-state index is 12.9. The van der Waals surface area contributed by atoms with Crippen molar-refractivity contribution in [3.05, 3.63) is 33.9 Å². The van der Waals surface area contributed by atoms with E-state index in [0.717, 1.165) is 0 Å². The van der Waals surface area contributed by atoms with E-state index in [-0.39, 0.29) is 17.1 Å². The van der Waals surface area contributed by atoms with Crippen LogP contribution in [-0.2, 0) is 24.4 Å². The number of halogens is 3. The van der Waals surface area contributed by atoms with Gasteiger partial charge >= 0.3 is 27.3 Å². The van der Waals surface area contributed by atoms with Gasteiger partial charge in [0, 0.05) is 5.57 Å². The first-order valence-electron chi connectivity index (χ1n) is 6.64. The lowest BCUT2D eigenvalue weighted by molar-refractivity contribution is -0.152. The quantitative estimate of drug-likeness (QED) is 0.188. The van der Waals surface area contributed by atoms with Gasteiger partial charge in [0.05, 0.1) is 3.57 Å². The number of carbonyl (C=O) groups is 2. The molecule has 0 bridgehead atoms. The molecule has 1 rings (SSSR count). The third-order valence-corrected chi connectivity index (χ3v) is 4.30. The van der Waals surface area contributed by atoms with Crippen LogP contribution in [0.3, 0.4) is 0 Å². The minimum absolute atomic E-state index is 0.166. The van der Waals surface area contributed by atoms with E-state index in [0.29, 0.717) is 3.57 Å². The molecule has 0 aliphatic rings. The number of alkyl halides is 2. The zero-order chi connectivity index (χ0) is 20.1. The zero-order valence-corrected chi connectivity index (χ0v) is 16.2. The van der Waals surface area contributed by atoms with Crippen LogP contribution >= 0.6 is 22.6 Å². The number of esters is 2. The van der Waals surface area contributed by atoms with E-state index in [4.69, 9.17) is 14.0 Å². The van der Waals surface area contributed by atoms with Gasteiger partial charge in [0.25, 0.3) is 0 Å². The Morgan fingerprint density at radius 3 is 2.46 bits per heavy atom. The number of rotatable bonds is 8. The van der Waals surface area contributed by atoms with Crippen molar-refractivity contribution in [3.8, 4) is 11.5 Å². The van der Waals surface area contributed by atoms with Crippen LogP contribution in [0.1, 0.15) is 6.92 Å². The normalized spacial score (nSPS) is 11.6. The fraction of sp³-hybridized carbons (Fsp3) is 0.286. The molecule has 0 aromatic heterocycles. The molecule has 0 fully saturated rings. The summed E-state index contributed by atoms with van der Waals surface area (Å²) in [6.45, 7) is 2.27. The monoisotopic (exact) mass is 506 g/mol. The highest BCUT2D eigenvalue weighted by Crippen LogP contribution is 2.26. The molecule has 0 saturated carbocycles. The number of hydrogen-bond acceptors (Lipinski definition) is 7. The number of ether oxygens (including phenoxy) is 3. The Labute approximate surface area is 161 Å². The molecule has 0 saturated heterocycles. The molecule has 0 amide bonds. The van der Waals surface area contributed by atoms with Crippen molar-refractivity contribution in [1.82, 2.24) is 0 Å². The smallest absolute Gasteiger partial charge is 0.402 e. The van der Waals surface area contributed by atoms with E-state index in [2.05, 4.69) is 11.3 Å². The van der Waals surface area contributed by atoms with Gasteiger partial charge in [0.1, 0.15) is 11.5 Å². The second-order valence-corrected chi connectivity index (χ2v) is 7.53. The van der Waals surface area contributed by atoms with E-state index < -0.39 is 40.5 Å². The summed E-state index contributed by atoms with van der Waals surface area (Å²) in [7, 11) is -5.69. The maximum absolute atomic E-state index is 12.9. The van der Waals surface area contributed by atoms with Gasteiger partial charge in [-0.3, -0.25) is 4.55 Å². The number of hydrogen-bond donors (Lipinski definition) is 1. The van der Waals surface area contributed by atoms with E-state index >= 15 is 0 Å². The highest BCUT2D eigenvalue weighted by atomic mass is 127. The van der Waals surface area contributed by atoms with Gasteiger partial charge < -0.3 is 14.2 Å². The molecule has 26 heavy (non-hydrogen) atoms. The van der Waals surface area contributed by atoms with Gasteiger partial charge in [0.2, 0.25) is 0 Å². The third-order valence-electron chi connectivity index (χ3n) is 2.59. The van der Waals surface area contributed by atoms with Crippen molar-refractivity contribution < 1.29 is 45.6 Å². The molecule has 0 unspecified atom stereocenters. The predicted molar refractivity (Wildman–Crippen MR) is 92.6 cm³/mol. The van der Waals surface area contributed by atoms with E-state index in [1.165, 1.54) is 25.1 Å². The topological polar surface area (TPSA) is 116 Å². The zero-order valence-electron chi connectivity index (χ0n) is 13.2. The third kappa shape index (κ3) is 6.49.